The first-order valence-corrected chi connectivity index (χ1v) is 7.44. The Morgan fingerprint density at radius 3 is 2.42 bits per heavy atom. The quantitative estimate of drug-likeness (QED) is 0.654. The van der Waals surface area contributed by atoms with E-state index in [1.54, 1.807) is 18.7 Å². The predicted molar refractivity (Wildman–Crippen MR) is 73.1 cm³/mol. The molecule has 0 aliphatic heterocycles. The number of imide groups is 1. The van der Waals surface area contributed by atoms with Crippen LogP contribution < -0.4 is 10.6 Å². The van der Waals surface area contributed by atoms with E-state index in [2.05, 4.69) is 10.6 Å². The molecule has 1 unspecified atom stereocenters. The van der Waals surface area contributed by atoms with E-state index in [-0.39, 0.29) is 23.5 Å². The summed E-state index contributed by atoms with van der Waals surface area (Å²) in [5.74, 6) is -1.67. The minimum atomic E-state index is -0.944. The lowest BCUT2D eigenvalue weighted by Gasteiger charge is -2.14. The first kappa shape index (κ1) is 15.8. The summed E-state index contributed by atoms with van der Waals surface area (Å²) in [5, 5.41) is 13.5. The average Bonchev–Trinajstić information content (AvgIpc) is 3.05. The Morgan fingerprint density at radius 2 is 1.95 bits per heavy atom. The third kappa shape index (κ3) is 5.96. The molecular weight excluding hydrogens is 268 g/mol. The highest BCUT2D eigenvalue weighted by molar-refractivity contribution is 8.00. The molecule has 3 N–H and O–H groups in total. The van der Waals surface area contributed by atoms with Crippen LogP contribution in [0.3, 0.4) is 0 Å². The number of carbonyl (C=O) groups is 3. The molecule has 0 radical (unpaired) electrons. The van der Waals surface area contributed by atoms with Crippen LogP contribution in [0.15, 0.2) is 0 Å². The van der Waals surface area contributed by atoms with Gasteiger partial charge in [0.25, 0.3) is 0 Å². The SMILES string of the molecule is CSC1(CNC(=O)NC(=O)CC(C)CC(=O)O)CC1. The Balaban J connectivity index is 2.20. The minimum Gasteiger partial charge on any atom is -0.481 e. The molecular formula is C12H20N2O4S. The van der Waals surface area contributed by atoms with Gasteiger partial charge < -0.3 is 10.4 Å². The molecule has 3 amide bonds. The van der Waals surface area contributed by atoms with E-state index in [1.807, 2.05) is 6.26 Å². The zero-order chi connectivity index (χ0) is 14.5. The fourth-order valence-corrected chi connectivity index (χ4v) is 2.47. The fraction of sp³-hybridized carbons (Fsp3) is 0.750. The van der Waals surface area contributed by atoms with Crippen molar-refractivity contribution < 1.29 is 19.5 Å². The van der Waals surface area contributed by atoms with E-state index in [0.717, 1.165) is 12.8 Å². The van der Waals surface area contributed by atoms with Gasteiger partial charge in [0.1, 0.15) is 0 Å². The molecule has 0 spiro atoms. The lowest BCUT2D eigenvalue weighted by atomic mass is 10.0. The number of carboxylic acids is 1. The Hall–Kier alpha value is -1.24. The molecule has 0 heterocycles. The number of rotatable bonds is 7. The number of urea groups is 1. The van der Waals surface area contributed by atoms with Crippen molar-refractivity contribution in [1.29, 1.82) is 0 Å². The van der Waals surface area contributed by atoms with E-state index in [0.29, 0.717) is 6.54 Å². The van der Waals surface area contributed by atoms with Gasteiger partial charge in [0.05, 0.1) is 0 Å². The number of carboxylic acid groups (broad SMARTS) is 1. The molecule has 0 aromatic carbocycles. The number of thioether (sulfide) groups is 1. The van der Waals surface area contributed by atoms with E-state index < -0.39 is 17.9 Å². The van der Waals surface area contributed by atoms with Gasteiger partial charge in [-0.1, -0.05) is 6.92 Å². The smallest absolute Gasteiger partial charge is 0.321 e. The number of amides is 3. The van der Waals surface area contributed by atoms with Crippen molar-refractivity contribution in [2.75, 3.05) is 12.8 Å². The van der Waals surface area contributed by atoms with Gasteiger partial charge in [-0.15, -0.1) is 0 Å². The Morgan fingerprint density at radius 1 is 1.32 bits per heavy atom. The first-order chi connectivity index (χ1) is 8.87. The van der Waals surface area contributed by atoms with E-state index in [1.165, 1.54) is 0 Å². The number of nitrogens with one attached hydrogen (secondary N) is 2. The van der Waals surface area contributed by atoms with E-state index in [4.69, 9.17) is 5.11 Å². The molecule has 0 bridgehead atoms. The second kappa shape index (κ2) is 6.79. The highest BCUT2D eigenvalue weighted by Crippen LogP contribution is 2.46. The van der Waals surface area contributed by atoms with Crippen LogP contribution in [0.1, 0.15) is 32.6 Å². The molecule has 6 nitrogen and oxygen atoms in total. The lowest BCUT2D eigenvalue weighted by molar-refractivity contribution is -0.138. The van der Waals surface area contributed by atoms with E-state index >= 15 is 0 Å². The molecule has 1 rings (SSSR count). The summed E-state index contributed by atoms with van der Waals surface area (Å²) >= 11 is 1.72. The number of hydrogen-bond donors (Lipinski definition) is 3. The van der Waals surface area contributed by atoms with Crippen LogP contribution in [0.25, 0.3) is 0 Å². The number of carbonyl (C=O) groups excluding carboxylic acids is 2. The highest BCUT2D eigenvalue weighted by Gasteiger charge is 2.41. The van der Waals surface area contributed by atoms with Gasteiger partial charge in [-0.25, -0.2) is 4.79 Å². The zero-order valence-electron chi connectivity index (χ0n) is 11.2. The third-order valence-electron chi connectivity index (χ3n) is 3.12. The molecule has 7 heteroatoms. The summed E-state index contributed by atoms with van der Waals surface area (Å²) in [6.07, 6.45) is 4.12. The first-order valence-electron chi connectivity index (χ1n) is 6.21. The van der Waals surface area contributed by atoms with Gasteiger partial charge in [-0.05, 0) is 25.0 Å². The summed E-state index contributed by atoms with van der Waals surface area (Å²) < 4.78 is 0.150. The molecule has 1 saturated carbocycles. The molecule has 1 atom stereocenters. The Bertz CT molecular complexity index is 369. The monoisotopic (exact) mass is 288 g/mol. The van der Waals surface area contributed by atoms with Crippen molar-refractivity contribution in [2.24, 2.45) is 5.92 Å². The molecule has 0 aromatic rings. The highest BCUT2D eigenvalue weighted by atomic mass is 32.2. The van der Waals surface area contributed by atoms with Crippen LogP contribution in [-0.4, -0.2) is 40.6 Å². The fourth-order valence-electron chi connectivity index (χ4n) is 1.74. The van der Waals surface area contributed by atoms with Gasteiger partial charge in [-0.2, -0.15) is 11.8 Å². The standard InChI is InChI=1S/C12H20N2O4S/c1-8(6-10(16)17)5-9(15)14-11(18)13-7-12(19-2)3-4-12/h8H,3-7H2,1-2H3,(H,16,17)(H2,13,14,15,18). The molecule has 1 aliphatic carbocycles. The maximum atomic E-state index is 11.5. The second-order valence-electron chi connectivity index (χ2n) is 5.03. The largest absolute Gasteiger partial charge is 0.481 e. The molecule has 1 aliphatic rings. The van der Waals surface area contributed by atoms with Crippen molar-refractivity contribution in [2.45, 2.75) is 37.4 Å². The molecule has 108 valence electrons. The van der Waals surface area contributed by atoms with Crippen LogP contribution in [-0.2, 0) is 9.59 Å². The number of aliphatic carboxylic acids is 1. The summed E-state index contributed by atoms with van der Waals surface area (Å²) in [5.41, 5.74) is 0. The zero-order valence-corrected chi connectivity index (χ0v) is 12.0. The van der Waals surface area contributed by atoms with E-state index in [9.17, 15) is 14.4 Å². The van der Waals surface area contributed by atoms with Gasteiger partial charge in [0.2, 0.25) is 5.91 Å². The number of hydrogen-bond acceptors (Lipinski definition) is 4. The van der Waals surface area contributed by atoms with Crippen molar-refractivity contribution in [3.63, 3.8) is 0 Å². The molecule has 1 fully saturated rings. The van der Waals surface area contributed by atoms with Gasteiger partial charge in [0.15, 0.2) is 0 Å². The van der Waals surface area contributed by atoms with Crippen molar-refractivity contribution in [3.8, 4) is 0 Å². The van der Waals surface area contributed by atoms with Gasteiger partial charge >= 0.3 is 12.0 Å². The molecule has 19 heavy (non-hydrogen) atoms. The van der Waals surface area contributed by atoms with Crippen molar-refractivity contribution in [1.82, 2.24) is 10.6 Å². The maximum absolute atomic E-state index is 11.5. The third-order valence-corrected chi connectivity index (χ3v) is 4.54. The minimum absolute atomic E-state index is 0.0351. The van der Waals surface area contributed by atoms with Crippen LogP contribution in [0.4, 0.5) is 4.79 Å². The Labute approximate surface area is 116 Å². The van der Waals surface area contributed by atoms with Gasteiger partial charge in [-0.3, -0.25) is 14.9 Å². The van der Waals surface area contributed by atoms with Gasteiger partial charge in [0, 0.05) is 24.1 Å². The lowest BCUT2D eigenvalue weighted by Crippen LogP contribution is -2.42. The Kier molecular flexibility index (Phi) is 5.65. The van der Waals surface area contributed by atoms with Crippen molar-refractivity contribution >= 4 is 29.7 Å². The van der Waals surface area contributed by atoms with Crippen molar-refractivity contribution in [3.05, 3.63) is 0 Å². The average molecular weight is 288 g/mol. The maximum Gasteiger partial charge on any atom is 0.321 e. The summed E-state index contributed by atoms with van der Waals surface area (Å²) in [4.78, 5) is 33.4. The second-order valence-corrected chi connectivity index (χ2v) is 6.30. The molecule has 0 aromatic heterocycles. The van der Waals surface area contributed by atoms with Crippen LogP contribution >= 0.6 is 11.8 Å². The van der Waals surface area contributed by atoms with Crippen LogP contribution in [0, 0.1) is 5.92 Å². The molecule has 0 saturated heterocycles. The summed E-state index contributed by atoms with van der Waals surface area (Å²) in [7, 11) is 0. The van der Waals surface area contributed by atoms with Crippen LogP contribution in [0.5, 0.6) is 0 Å². The van der Waals surface area contributed by atoms with Crippen LogP contribution in [0.2, 0.25) is 0 Å². The normalized spacial score (nSPS) is 17.4. The predicted octanol–water partition coefficient (Wildman–Crippen LogP) is 1.21. The summed E-state index contributed by atoms with van der Waals surface area (Å²) in [6, 6.07) is -0.507. The summed E-state index contributed by atoms with van der Waals surface area (Å²) in [6.45, 7) is 2.22. The topological polar surface area (TPSA) is 95.5 Å².